The maximum atomic E-state index is 4.23. The Labute approximate surface area is 73.9 Å². The molecule has 0 N–H and O–H groups in total. The van der Waals surface area contributed by atoms with Crippen molar-refractivity contribution < 1.29 is 0 Å². The molecule has 2 heteroatoms. The summed E-state index contributed by atoms with van der Waals surface area (Å²) < 4.78 is 2.16. The molecular weight excluding hydrogens is 148 g/mol. The third kappa shape index (κ3) is 1.97. The van der Waals surface area contributed by atoms with Crippen molar-refractivity contribution in [2.45, 2.75) is 34.2 Å². The van der Waals surface area contributed by atoms with E-state index in [0.717, 1.165) is 12.2 Å². The van der Waals surface area contributed by atoms with Crippen LogP contribution in [0.2, 0.25) is 0 Å². The average Bonchev–Trinajstić information content (AvgIpc) is 2.30. The van der Waals surface area contributed by atoms with Gasteiger partial charge in [-0.3, -0.25) is 0 Å². The van der Waals surface area contributed by atoms with Crippen LogP contribution >= 0.6 is 0 Å². The SMILES string of the molecule is CC(C)=CCn1cnc(C)c1C. The van der Waals surface area contributed by atoms with Gasteiger partial charge in [-0.2, -0.15) is 0 Å². The summed E-state index contributed by atoms with van der Waals surface area (Å²) in [5, 5.41) is 0. The Morgan fingerprint density at radius 3 is 2.58 bits per heavy atom. The van der Waals surface area contributed by atoms with Gasteiger partial charge in [0, 0.05) is 12.2 Å². The number of aryl methyl sites for hydroxylation is 1. The molecule has 0 aromatic carbocycles. The van der Waals surface area contributed by atoms with E-state index in [4.69, 9.17) is 0 Å². The lowest BCUT2D eigenvalue weighted by atomic mass is 10.3. The Morgan fingerprint density at radius 2 is 2.17 bits per heavy atom. The highest BCUT2D eigenvalue weighted by atomic mass is 15.0. The van der Waals surface area contributed by atoms with Gasteiger partial charge < -0.3 is 4.57 Å². The van der Waals surface area contributed by atoms with E-state index in [0.29, 0.717) is 0 Å². The predicted molar refractivity (Wildman–Crippen MR) is 51.1 cm³/mol. The molecule has 1 aromatic rings. The van der Waals surface area contributed by atoms with Gasteiger partial charge in [0.2, 0.25) is 0 Å². The summed E-state index contributed by atoms with van der Waals surface area (Å²) in [7, 11) is 0. The molecule has 0 radical (unpaired) electrons. The van der Waals surface area contributed by atoms with Crippen molar-refractivity contribution in [3.8, 4) is 0 Å². The van der Waals surface area contributed by atoms with Crippen LogP contribution in [0.3, 0.4) is 0 Å². The van der Waals surface area contributed by atoms with E-state index >= 15 is 0 Å². The van der Waals surface area contributed by atoms with Crippen LogP contribution in [0, 0.1) is 13.8 Å². The first-order valence-corrected chi connectivity index (χ1v) is 4.23. The van der Waals surface area contributed by atoms with Crippen LogP contribution in [0.5, 0.6) is 0 Å². The number of hydrogen-bond acceptors (Lipinski definition) is 1. The molecule has 66 valence electrons. The van der Waals surface area contributed by atoms with Gasteiger partial charge in [-0.25, -0.2) is 4.98 Å². The lowest BCUT2D eigenvalue weighted by Crippen LogP contribution is -1.96. The van der Waals surface area contributed by atoms with E-state index in [1.807, 2.05) is 13.3 Å². The Kier molecular flexibility index (Phi) is 2.69. The van der Waals surface area contributed by atoms with E-state index in [-0.39, 0.29) is 0 Å². The van der Waals surface area contributed by atoms with Gasteiger partial charge >= 0.3 is 0 Å². The van der Waals surface area contributed by atoms with Crippen LogP contribution in [0.15, 0.2) is 18.0 Å². The van der Waals surface area contributed by atoms with Crippen LogP contribution in [-0.4, -0.2) is 9.55 Å². The fourth-order valence-electron chi connectivity index (χ4n) is 1.01. The van der Waals surface area contributed by atoms with Gasteiger partial charge in [-0.05, 0) is 27.7 Å². The molecule has 1 rings (SSSR count). The topological polar surface area (TPSA) is 17.8 Å². The van der Waals surface area contributed by atoms with Crippen molar-refractivity contribution in [2.24, 2.45) is 0 Å². The number of aromatic nitrogens is 2. The Bertz CT molecular complexity index is 291. The van der Waals surface area contributed by atoms with E-state index in [1.54, 1.807) is 0 Å². The molecule has 0 unspecified atom stereocenters. The third-order valence-electron chi connectivity index (χ3n) is 2.04. The average molecular weight is 164 g/mol. The minimum atomic E-state index is 0.939. The van der Waals surface area contributed by atoms with Gasteiger partial charge in [0.05, 0.1) is 12.0 Å². The fourth-order valence-corrected chi connectivity index (χ4v) is 1.01. The normalized spacial score (nSPS) is 10.0. The summed E-state index contributed by atoms with van der Waals surface area (Å²) >= 11 is 0. The molecule has 0 aliphatic carbocycles. The van der Waals surface area contributed by atoms with Crippen LogP contribution in [0.25, 0.3) is 0 Å². The second kappa shape index (κ2) is 3.57. The fraction of sp³-hybridized carbons (Fsp3) is 0.500. The minimum Gasteiger partial charge on any atom is -0.331 e. The monoisotopic (exact) mass is 164 g/mol. The van der Waals surface area contributed by atoms with Crippen molar-refractivity contribution in [3.05, 3.63) is 29.4 Å². The van der Waals surface area contributed by atoms with Crippen molar-refractivity contribution in [2.75, 3.05) is 0 Å². The van der Waals surface area contributed by atoms with Crippen LogP contribution in [0.1, 0.15) is 25.2 Å². The second-order valence-electron chi connectivity index (χ2n) is 3.35. The van der Waals surface area contributed by atoms with Gasteiger partial charge in [-0.1, -0.05) is 11.6 Å². The highest BCUT2D eigenvalue weighted by Gasteiger charge is 1.98. The second-order valence-corrected chi connectivity index (χ2v) is 3.35. The molecule has 0 saturated carbocycles. The Hall–Kier alpha value is -1.05. The highest BCUT2D eigenvalue weighted by Crippen LogP contribution is 2.04. The zero-order valence-corrected chi connectivity index (χ0v) is 8.26. The molecule has 0 spiro atoms. The van der Waals surface area contributed by atoms with E-state index in [2.05, 4.69) is 36.4 Å². The molecule has 0 bridgehead atoms. The molecule has 0 aliphatic heterocycles. The quantitative estimate of drug-likeness (QED) is 0.614. The molecule has 2 nitrogen and oxygen atoms in total. The number of nitrogens with zero attached hydrogens (tertiary/aromatic N) is 2. The number of hydrogen-bond donors (Lipinski definition) is 0. The molecule has 0 atom stereocenters. The predicted octanol–water partition coefficient (Wildman–Crippen LogP) is 2.47. The van der Waals surface area contributed by atoms with E-state index < -0.39 is 0 Å². The first kappa shape index (κ1) is 9.04. The minimum absolute atomic E-state index is 0.939. The van der Waals surface area contributed by atoms with Gasteiger partial charge in [0.15, 0.2) is 0 Å². The highest BCUT2D eigenvalue weighted by molar-refractivity contribution is 5.09. The van der Waals surface area contributed by atoms with Crippen LogP contribution in [0.4, 0.5) is 0 Å². The zero-order valence-electron chi connectivity index (χ0n) is 8.26. The van der Waals surface area contributed by atoms with Gasteiger partial charge in [0.1, 0.15) is 0 Å². The van der Waals surface area contributed by atoms with Crippen molar-refractivity contribution >= 4 is 0 Å². The summed E-state index contributed by atoms with van der Waals surface area (Å²) in [6.07, 6.45) is 4.10. The zero-order chi connectivity index (χ0) is 9.14. The van der Waals surface area contributed by atoms with Gasteiger partial charge in [-0.15, -0.1) is 0 Å². The van der Waals surface area contributed by atoms with Gasteiger partial charge in [0.25, 0.3) is 0 Å². The summed E-state index contributed by atoms with van der Waals surface area (Å²) in [5.41, 5.74) is 3.73. The first-order valence-electron chi connectivity index (χ1n) is 4.23. The molecule has 0 amide bonds. The maximum absolute atomic E-state index is 4.23. The lowest BCUT2D eigenvalue weighted by molar-refractivity contribution is 0.784. The van der Waals surface area contributed by atoms with Crippen LogP contribution in [-0.2, 0) is 6.54 Å². The van der Waals surface area contributed by atoms with Crippen molar-refractivity contribution in [1.82, 2.24) is 9.55 Å². The number of allylic oxidation sites excluding steroid dienone is 2. The third-order valence-corrected chi connectivity index (χ3v) is 2.04. The number of imidazole rings is 1. The van der Waals surface area contributed by atoms with Crippen molar-refractivity contribution in [3.63, 3.8) is 0 Å². The first-order chi connectivity index (χ1) is 5.61. The summed E-state index contributed by atoms with van der Waals surface area (Å²) in [6.45, 7) is 9.29. The molecular formula is C10H16N2. The molecule has 1 aromatic heterocycles. The lowest BCUT2D eigenvalue weighted by Gasteiger charge is -2.00. The van der Waals surface area contributed by atoms with Crippen molar-refractivity contribution in [1.29, 1.82) is 0 Å². The standard InChI is InChI=1S/C10H16N2/c1-8(2)5-6-12-7-11-9(3)10(12)4/h5,7H,6H2,1-4H3. The summed E-state index contributed by atoms with van der Waals surface area (Å²) in [4.78, 5) is 4.23. The van der Waals surface area contributed by atoms with E-state index in [1.165, 1.54) is 11.3 Å². The smallest absolute Gasteiger partial charge is 0.0954 e. The van der Waals surface area contributed by atoms with Crippen LogP contribution < -0.4 is 0 Å². The Morgan fingerprint density at radius 1 is 1.50 bits per heavy atom. The molecule has 12 heavy (non-hydrogen) atoms. The summed E-state index contributed by atoms with van der Waals surface area (Å²) in [6, 6.07) is 0. The molecule has 0 saturated heterocycles. The van der Waals surface area contributed by atoms with E-state index in [9.17, 15) is 0 Å². The molecule has 0 fully saturated rings. The molecule has 1 heterocycles. The molecule has 0 aliphatic rings. The number of rotatable bonds is 2. The summed E-state index contributed by atoms with van der Waals surface area (Å²) in [5.74, 6) is 0. The maximum Gasteiger partial charge on any atom is 0.0954 e. The Balaban J connectivity index is 2.77. The largest absolute Gasteiger partial charge is 0.331 e.